The van der Waals surface area contributed by atoms with Gasteiger partial charge in [-0.2, -0.15) is 0 Å². The average Bonchev–Trinajstić information content (AvgIpc) is 2.29. The molecule has 3 N–H and O–H groups in total. The second-order valence-corrected chi connectivity index (χ2v) is 3.53. The topological polar surface area (TPSA) is 69.9 Å². The molecule has 0 spiro atoms. The van der Waals surface area contributed by atoms with Gasteiger partial charge in [-0.25, -0.2) is 0 Å². The second-order valence-electron chi connectivity index (χ2n) is 3.53. The maximum absolute atomic E-state index is 9.80. The fraction of sp³-hybridized carbons (Fsp3) is 0.500. The first-order chi connectivity index (χ1) is 7.69. The first-order valence-electron chi connectivity index (χ1n) is 5.38. The van der Waals surface area contributed by atoms with Crippen LogP contribution in [0.3, 0.4) is 0 Å². The van der Waals surface area contributed by atoms with Crippen molar-refractivity contribution >= 4 is 0 Å². The van der Waals surface area contributed by atoms with Crippen LogP contribution in [-0.2, 0) is 0 Å². The molecule has 0 saturated carbocycles. The summed E-state index contributed by atoms with van der Waals surface area (Å²) in [6.07, 6.45) is -1.80. The number of benzene rings is 1. The highest BCUT2D eigenvalue weighted by atomic mass is 16.5. The van der Waals surface area contributed by atoms with E-state index in [4.69, 9.17) is 9.84 Å². The largest absolute Gasteiger partial charge is 0.494 e. The molecule has 0 radical (unpaired) electrons. The number of aliphatic hydroxyl groups excluding tert-OH is 3. The van der Waals surface area contributed by atoms with Gasteiger partial charge in [0.2, 0.25) is 0 Å². The van der Waals surface area contributed by atoms with Gasteiger partial charge in [0.15, 0.2) is 0 Å². The third-order valence-electron chi connectivity index (χ3n) is 2.30. The van der Waals surface area contributed by atoms with Crippen molar-refractivity contribution in [3.8, 4) is 5.75 Å². The summed E-state index contributed by atoms with van der Waals surface area (Å²) in [5.41, 5.74) is 0.590. The zero-order valence-corrected chi connectivity index (χ0v) is 9.34. The van der Waals surface area contributed by atoms with E-state index in [-0.39, 0.29) is 13.0 Å². The van der Waals surface area contributed by atoms with Gasteiger partial charge in [0, 0.05) is 6.61 Å². The minimum atomic E-state index is -0.993. The molecule has 0 heterocycles. The maximum atomic E-state index is 9.80. The van der Waals surface area contributed by atoms with Gasteiger partial charge in [0.1, 0.15) is 11.9 Å². The lowest BCUT2D eigenvalue weighted by molar-refractivity contribution is 0.00411. The number of rotatable bonds is 6. The van der Waals surface area contributed by atoms with Crippen molar-refractivity contribution in [1.29, 1.82) is 0 Å². The van der Waals surface area contributed by atoms with Gasteiger partial charge in [0.25, 0.3) is 0 Å². The zero-order valence-electron chi connectivity index (χ0n) is 9.34. The van der Waals surface area contributed by atoms with Crippen LogP contribution in [0.4, 0.5) is 0 Å². The molecule has 0 fully saturated rings. The van der Waals surface area contributed by atoms with Gasteiger partial charge in [-0.05, 0) is 31.0 Å². The van der Waals surface area contributed by atoms with Crippen molar-refractivity contribution < 1.29 is 20.1 Å². The van der Waals surface area contributed by atoms with E-state index in [0.717, 1.165) is 0 Å². The minimum Gasteiger partial charge on any atom is -0.494 e. The first-order valence-corrected chi connectivity index (χ1v) is 5.38. The van der Waals surface area contributed by atoms with Gasteiger partial charge in [0.05, 0.1) is 12.7 Å². The maximum Gasteiger partial charge on any atom is 0.119 e. The molecule has 0 aromatic heterocycles. The third-order valence-corrected chi connectivity index (χ3v) is 2.30. The van der Waals surface area contributed by atoms with Gasteiger partial charge in [-0.15, -0.1) is 0 Å². The molecule has 4 heteroatoms. The zero-order chi connectivity index (χ0) is 12.0. The lowest BCUT2D eigenvalue weighted by atomic mass is 10.0. The molecule has 0 amide bonds. The lowest BCUT2D eigenvalue weighted by Gasteiger charge is -2.17. The summed E-state index contributed by atoms with van der Waals surface area (Å²) in [7, 11) is 0. The van der Waals surface area contributed by atoms with Crippen LogP contribution in [0.15, 0.2) is 24.3 Å². The van der Waals surface area contributed by atoms with E-state index in [1.54, 1.807) is 24.3 Å². The molecule has 0 bridgehead atoms. The second kappa shape index (κ2) is 6.48. The van der Waals surface area contributed by atoms with Gasteiger partial charge >= 0.3 is 0 Å². The molecule has 4 nitrogen and oxygen atoms in total. The van der Waals surface area contributed by atoms with E-state index in [1.807, 2.05) is 6.92 Å². The molecule has 0 saturated heterocycles. The van der Waals surface area contributed by atoms with Crippen molar-refractivity contribution in [3.05, 3.63) is 29.8 Å². The molecule has 0 aliphatic heterocycles. The van der Waals surface area contributed by atoms with Crippen molar-refractivity contribution in [2.45, 2.75) is 25.6 Å². The molecule has 0 aliphatic carbocycles. The Morgan fingerprint density at radius 2 is 2.06 bits per heavy atom. The van der Waals surface area contributed by atoms with Gasteiger partial charge < -0.3 is 20.1 Å². The fourth-order valence-corrected chi connectivity index (χ4v) is 1.47. The Kier molecular flexibility index (Phi) is 5.25. The van der Waals surface area contributed by atoms with Gasteiger partial charge in [-0.3, -0.25) is 0 Å². The van der Waals surface area contributed by atoms with E-state index in [0.29, 0.717) is 17.9 Å². The summed E-state index contributed by atoms with van der Waals surface area (Å²) in [5, 5.41) is 28.0. The molecule has 16 heavy (non-hydrogen) atoms. The van der Waals surface area contributed by atoms with Gasteiger partial charge in [-0.1, -0.05) is 12.1 Å². The Hall–Kier alpha value is -1.10. The molecule has 2 unspecified atom stereocenters. The molecular weight excluding hydrogens is 208 g/mol. The predicted molar refractivity (Wildman–Crippen MR) is 60.3 cm³/mol. The number of hydrogen-bond acceptors (Lipinski definition) is 4. The molecule has 2 atom stereocenters. The highest BCUT2D eigenvalue weighted by molar-refractivity contribution is 5.30. The Labute approximate surface area is 95.1 Å². The normalized spacial score (nSPS) is 14.5. The Balaban J connectivity index is 2.74. The predicted octanol–water partition coefficient (Wildman–Crippen LogP) is 0.862. The Morgan fingerprint density at radius 3 is 2.69 bits per heavy atom. The Bertz CT molecular complexity index is 314. The molecule has 90 valence electrons. The van der Waals surface area contributed by atoms with E-state index < -0.39 is 12.2 Å². The summed E-state index contributed by atoms with van der Waals surface area (Å²) < 4.78 is 5.29. The van der Waals surface area contributed by atoms with Crippen molar-refractivity contribution in [2.24, 2.45) is 0 Å². The number of aliphatic hydroxyl groups is 3. The monoisotopic (exact) mass is 226 g/mol. The quantitative estimate of drug-likeness (QED) is 0.673. The lowest BCUT2D eigenvalue weighted by Crippen LogP contribution is -2.19. The van der Waals surface area contributed by atoms with E-state index in [9.17, 15) is 10.2 Å². The van der Waals surface area contributed by atoms with Crippen LogP contribution in [0, 0.1) is 0 Å². The molecule has 1 rings (SSSR count). The summed E-state index contributed by atoms with van der Waals surface area (Å²) >= 11 is 0. The first kappa shape index (κ1) is 13.0. The number of ether oxygens (including phenoxy) is 1. The molecular formula is C12H18O4. The minimum absolute atomic E-state index is 0.149. The van der Waals surface area contributed by atoms with Crippen LogP contribution >= 0.6 is 0 Å². The number of hydrogen-bond donors (Lipinski definition) is 3. The van der Waals surface area contributed by atoms with Crippen molar-refractivity contribution in [1.82, 2.24) is 0 Å². The summed E-state index contributed by atoms with van der Waals surface area (Å²) in [5.74, 6) is 0.662. The third kappa shape index (κ3) is 3.48. The van der Waals surface area contributed by atoms with Crippen molar-refractivity contribution in [2.75, 3.05) is 13.2 Å². The molecule has 0 aliphatic rings. The summed E-state index contributed by atoms with van der Waals surface area (Å²) in [6.45, 7) is 2.28. The summed E-state index contributed by atoms with van der Waals surface area (Å²) in [6, 6.07) is 6.95. The molecule has 1 aromatic carbocycles. The van der Waals surface area contributed by atoms with E-state index >= 15 is 0 Å². The van der Waals surface area contributed by atoms with Crippen LogP contribution in [0.1, 0.15) is 25.0 Å². The van der Waals surface area contributed by atoms with Crippen LogP contribution in [-0.4, -0.2) is 34.6 Å². The highest BCUT2D eigenvalue weighted by Gasteiger charge is 2.17. The fourth-order valence-electron chi connectivity index (χ4n) is 1.47. The smallest absolute Gasteiger partial charge is 0.119 e. The van der Waals surface area contributed by atoms with Crippen LogP contribution in [0.25, 0.3) is 0 Å². The van der Waals surface area contributed by atoms with Crippen LogP contribution < -0.4 is 4.74 Å². The van der Waals surface area contributed by atoms with Crippen molar-refractivity contribution in [3.63, 3.8) is 0 Å². The summed E-state index contributed by atoms with van der Waals surface area (Å²) in [4.78, 5) is 0. The van der Waals surface area contributed by atoms with E-state index in [2.05, 4.69) is 0 Å². The van der Waals surface area contributed by atoms with E-state index in [1.165, 1.54) is 0 Å². The van der Waals surface area contributed by atoms with Crippen LogP contribution in [0.2, 0.25) is 0 Å². The van der Waals surface area contributed by atoms with Crippen LogP contribution in [0.5, 0.6) is 5.75 Å². The highest BCUT2D eigenvalue weighted by Crippen LogP contribution is 2.22. The molecule has 1 aromatic rings. The Morgan fingerprint density at radius 1 is 1.31 bits per heavy atom. The SMILES string of the molecule is CCOc1cccc(C(O)C(O)CCO)c1. The average molecular weight is 226 g/mol. The standard InChI is InChI=1S/C12H18O4/c1-2-16-10-5-3-4-9(8-10)12(15)11(14)6-7-13/h3-5,8,11-15H,2,6-7H2,1H3.